The number of aromatic nitrogens is 2. The summed E-state index contributed by atoms with van der Waals surface area (Å²) in [6, 6.07) is 4.88. The third kappa shape index (κ3) is 4.71. The van der Waals surface area contributed by atoms with Gasteiger partial charge in [-0.2, -0.15) is 0 Å². The summed E-state index contributed by atoms with van der Waals surface area (Å²) in [6.45, 7) is 6.20. The summed E-state index contributed by atoms with van der Waals surface area (Å²) in [7, 11) is 0. The lowest BCUT2D eigenvalue weighted by Gasteiger charge is -2.20. The number of hydrogen-bond acceptors (Lipinski definition) is 5. The molecule has 6 nitrogen and oxygen atoms in total. The minimum Gasteiger partial charge on any atom is -0.323 e. The molecule has 0 radical (unpaired) electrons. The molecule has 0 saturated heterocycles. The molecule has 0 saturated carbocycles. The van der Waals surface area contributed by atoms with Crippen molar-refractivity contribution in [2.24, 2.45) is 0 Å². The number of hydrogen-bond donors (Lipinski definition) is 1. The number of anilines is 1. The van der Waals surface area contributed by atoms with E-state index >= 15 is 0 Å². The quantitative estimate of drug-likeness (QED) is 0.496. The van der Waals surface area contributed by atoms with E-state index in [0.717, 1.165) is 49.2 Å². The van der Waals surface area contributed by atoms with E-state index < -0.39 is 0 Å². The van der Waals surface area contributed by atoms with Crippen molar-refractivity contribution in [3.05, 3.63) is 54.9 Å². The lowest BCUT2D eigenvalue weighted by Crippen LogP contribution is -2.34. The molecule has 0 spiro atoms. The number of thiophene rings is 1. The Bertz CT molecular complexity index is 1220. The third-order valence-corrected chi connectivity index (χ3v) is 7.65. The Kier molecular flexibility index (Phi) is 7.20. The van der Waals surface area contributed by atoms with Crippen molar-refractivity contribution < 1.29 is 4.79 Å². The summed E-state index contributed by atoms with van der Waals surface area (Å²) in [5.74, 6) is 0.282. The highest BCUT2D eigenvalue weighted by atomic mass is 35.5. The van der Waals surface area contributed by atoms with Crippen LogP contribution in [0.3, 0.4) is 0 Å². The van der Waals surface area contributed by atoms with Crippen molar-refractivity contribution in [3.8, 4) is 0 Å². The molecule has 9 heteroatoms. The van der Waals surface area contributed by atoms with Crippen LogP contribution in [0, 0.1) is 0 Å². The van der Waals surface area contributed by atoms with Crippen molar-refractivity contribution >= 4 is 56.3 Å². The predicted octanol–water partition coefficient (Wildman–Crippen LogP) is 5.12. The summed E-state index contributed by atoms with van der Waals surface area (Å²) in [5.41, 5.74) is 1.45. The predicted molar refractivity (Wildman–Crippen MR) is 132 cm³/mol. The Morgan fingerprint density at radius 1 is 1.22 bits per heavy atom. The Hall–Kier alpha value is -1.93. The highest BCUT2D eigenvalue weighted by Gasteiger charge is 2.23. The van der Waals surface area contributed by atoms with Crippen molar-refractivity contribution in [1.82, 2.24) is 14.5 Å². The van der Waals surface area contributed by atoms with Gasteiger partial charge in [0, 0.05) is 9.90 Å². The molecule has 170 valence electrons. The molecule has 1 amide bonds. The van der Waals surface area contributed by atoms with Gasteiger partial charge in [-0.25, -0.2) is 4.98 Å². The monoisotopic (exact) mass is 492 g/mol. The van der Waals surface area contributed by atoms with Crippen LogP contribution in [0.5, 0.6) is 0 Å². The number of carbonyl (C=O) groups excluding carboxylic acids is 1. The second kappa shape index (κ2) is 9.91. The standard InChI is InChI=1S/C23H26Cl2N4O2S/c1-3-28(4-2)12-19-27-22-21(15-7-5-6-8-18(15)32-22)23(31)29(19)13-20(30)26-17-10-9-14(24)11-16(17)25/h9-11H,3-8,12-13H2,1-2H3,(H,26,30). The smallest absolute Gasteiger partial charge is 0.263 e. The number of fused-ring (bicyclic) bond motifs is 3. The summed E-state index contributed by atoms with van der Waals surface area (Å²) in [6.07, 6.45) is 4.12. The van der Waals surface area contributed by atoms with Gasteiger partial charge in [-0.05, 0) is 62.5 Å². The molecule has 32 heavy (non-hydrogen) atoms. The van der Waals surface area contributed by atoms with Gasteiger partial charge in [0.15, 0.2) is 0 Å². The summed E-state index contributed by atoms with van der Waals surface area (Å²) >= 11 is 13.8. The maximum atomic E-state index is 13.6. The Morgan fingerprint density at radius 3 is 2.69 bits per heavy atom. The van der Waals surface area contributed by atoms with Gasteiger partial charge in [0.1, 0.15) is 17.2 Å². The van der Waals surface area contributed by atoms with Gasteiger partial charge < -0.3 is 5.32 Å². The van der Waals surface area contributed by atoms with Crippen LogP contribution >= 0.6 is 34.5 Å². The highest BCUT2D eigenvalue weighted by Crippen LogP contribution is 2.34. The summed E-state index contributed by atoms with van der Waals surface area (Å²) < 4.78 is 1.53. The first-order chi connectivity index (χ1) is 15.4. The first-order valence-corrected chi connectivity index (χ1v) is 12.5. The van der Waals surface area contributed by atoms with Crippen LogP contribution in [-0.4, -0.2) is 33.4 Å². The molecule has 0 bridgehead atoms. The van der Waals surface area contributed by atoms with Crippen LogP contribution in [0.1, 0.15) is 43.0 Å². The van der Waals surface area contributed by atoms with Gasteiger partial charge in [0.25, 0.3) is 5.56 Å². The fourth-order valence-electron chi connectivity index (χ4n) is 4.14. The van der Waals surface area contributed by atoms with Gasteiger partial charge in [-0.3, -0.25) is 19.1 Å². The molecule has 0 aliphatic heterocycles. The molecule has 1 aromatic carbocycles. The Balaban J connectivity index is 1.73. The number of carbonyl (C=O) groups is 1. The molecule has 2 heterocycles. The van der Waals surface area contributed by atoms with E-state index in [0.29, 0.717) is 33.5 Å². The highest BCUT2D eigenvalue weighted by molar-refractivity contribution is 7.18. The van der Waals surface area contributed by atoms with Gasteiger partial charge in [-0.1, -0.05) is 37.0 Å². The van der Waals surface area contributed by atoms with Gasteiger partial charge in [0.2, 0.25) is 5.91 Å². The van der Waals surface area contributed by atoms with E-state index in [1.807, 2.05) is 0 Å². The van der Waals surface area contributed by atoms with E-state index in [9.17, 15) is 9.59 Å². The fourth-order valence-corrected chi connectivity index (χ4v) is 5.86. The fraction of sp³-hybridized carbons (Fsp3) is 0.435. The molecule has 4 rings (SSSR count). The molecule has 1 aliphatic rings. The molecule has 0 fully saturated rings. The normalized spacial score (nSPS) is 13.5. The minimum atomic E-state index is -0.331. The lowest BCUT2D eigenvalue weighted by atomic mass is 9.97. The third-order valence-electron chi connectivity index (χ3n) is 5.92. The SMILES string of the molecule is CCN(CC)Cc1nc2sc3c(c2c(=O)n1CC(=O)Nc1ccc(Cl)cc1Cl)CCCC3. The van der Waals surface area contributed by atoms with E-state index in [4.69, 9.17) is 28.2 Å². The number of rotatable bonds is 7. The molecule has 1 aliphatic carbocycles. The Labute approximate surface area is 201 Å². The maximum Gasteiger partial charge on any atom is 0.263 e. The summed E-state index contributed by atoms with van der Waals surface area (Å²) in [4.78, 5) is 35.7. The van der Waals surface area contributed by atoms with E-state index in [1.165, 1.54) is 9.44 Å². The zero-order valence-electron chi connectivity index (χ0n) is 18.2. The molecular weight excluding hydrogens is 467 g/mol. The molecule has 0 atom stereocenters. The van der Waals surface area contributed by atoms with E-state index in [1.54, 1.807) is 29.5 Å². The second-order valence-electron chi connectivity index (χ2n) is 7.94. The van der Waals surface area contributed by atoms with Gasteiger partial charge >= 0.3 is 0 Å². The van der Waals surface area contributed by atoms with Crippen LogP contribution < -0.4 is 10.9 Å². The van der Waals surface area contributed by atoms with Gasteiger partial charge in [-0.15, -0.1) is 11.3 Å². The number of aryl methyl sites for hydroxylation is 2. The molecule has 2 aromatic heterocycles. The minimum absolute atomic E-state index is 0.123. The first-order valence-electron chi connectivity index (χ1n) is 10.9. The lowest BCUT2D eigenvalue weighted by molar-refractivity contribution is -0.116. The Morgan fingerprint density at radius 2 is 1.97 bits per heavy atom. The average Bonchev–Trinajstić information content (AvgIpc) is 3.15. The van der Waals surface area contributed by atoms with Crippen molar-refractivity contribution in [2.45, 2.75) is 52.6 Å². The topological polar surface area (TPSA) is 67.2 Å². The largest absolute Gasteiger partial charge is 0.323 e. The number of amides is 1. The number of halogens is 2. The van der Waals surface area contributed by atoms with Crippen LogP contribution in [0.2, 0.25) is 10.0 Å². The zero-order valence-corrected chi connectivity index (χ0v) is 20.5. The number of nitrogens with one attached hydrogen (secondary N) is 1. The molecule has 1 N–H and O–H groups in total. The van der Waals surface area contributed by atoms with Crippen molar-refractivity contribution in [1.29, 1.82) is 0 Å². The molecule has 3 aromatic rings. The van der Waals surface area contributed by atoms with Crippen LogP contribution in [0.25, 0.3) is 10.2 Å². The van der Waals surface area contributed by atoms with E-state index in [-0.39, 0.29) is 18.0 Å². The maximum absolute atomic E-state index is 13.6. The second-order valence-corrected chi connectivity index (χ2v) is 9.87. The molecular formula is C23H26Cl2N4O2S. The van der Waals surface area contributed by atoms with Crippen LogP contribution in [0.15, 0.2) is 23.0 Å². The first kappa shape index (κ1) is 23.2. The van der Waals surface area contributed by atoms with Crippen LogP contribution in [-0.2, 0) is 30.7 Å². The number of benzene rings is 1. The summed E-state index contributed by atoms with van der Waals surface area (Å²) in [5, 5.41) is 4.32. The van der Waals surface area contributed by atoms with Gasteiger partial charge in [0.05, 0.1) is 22.6 Å². The van der Waals surface area contributed by atoms with E-state index in [2.05, 4.69) is 24.1 Å². The van der Waals surface area contributed by atoms with Crippen molar-refractivity contribution in [2.75, 3.05) is 18.4 Å². The van der Waals surface area contributed by atoms with Crippen molar-refractivity contribution in [3.63, 3.8) is 0 Å². The average molecular weight is 493 g/mol. The molecule has 0 unspecified atom stereocenters. The number of nitrogens with zero attached hydrogens (tertiary/aromatic N) is 3. The van der Waals surface area contributed by atoms with Crippen LogP contribution in [0.4, 0.5) is 5.69 Å². The zero-order chi connectivity index (χ0) is 22.8.